The van der Waals surface area contributed by atoms with Crippen molar-refractivity contribution in [3.05, 3.63) is 12.2 Å². The number of hydrogen-bond acceptors (Lipinski definition) is 3. The largest absolute Gasteiger partial charge is 0.468 e. The second-order valence-corrected chi connectivity index (χ2v) is 3.37. The van der Waals surface area contributed by atoms with Gasteiger partial charge in [0.05, 0.1) is 7.11 Å². The minimum atomic E-state index is -1.02. The number of carbonyl (C=O) groups excluding carboxylic acids is 2. The van der Waals surface area contributed by atoms with Gasteiger partial charge in [0.2, 0.25) is 0 Å². The number of esters is 1. The summed E-state index contributed by atoms with van der Waals surface area (Å²) in [6.07, 6.45) is 4.39. The van der Waals surface area contributed by atoms with Gasteiger partial charge in [0, 0.05) is 6.42 Å². The van der Waals surface area contributed by atoms with E-state index in [1.807, 2.05) is 19.1 Å². The van der Waals surface area contributed by atoms with Crippen LogP contribution in [-0.2, 0) is 14.3 Å². The van der Waals surface area contributed by atoms with Crippen molar-refractivity contribution in [3.8, 4) is 0 Å². The number of allylic oxidation sites excluding steroid dienone is 2. The first-order chi connectivity index (χ1) is 6.52. The molecular formula is C11H18O3. The molecule has 0 rings (SSSR count). The zero-order valence-electron chi connectivity index (χ0n) is 9.29. The normalized spacial score (nSPS) is 15.1. The smallest absolute Gasteiger partial charge is 0.319 e. The minimum Gasteiger partial charge on any atom is -0.468 e. The maximum absolute atomic E-state index is 11.6. The monoisotopic (exact) mass is 198 g/mol. The molecule has 0 saturated carbocycles. The predicted molar refractivity (Wildman–Crippen MR) is 54.9 cm³/mol. The molecule has 0 fully saturated rings. The first kappa shape index (κ1) is 12.9. The summed E-state index contributed by atoms with van der Waals surface area (Å²) in [7, 11) is 1.30. The summed E-state index contributed by atoms with van der Waals surface area (Å²) in [5.74, 6) is -0.537. The van der Waals surface area contributed by atoms with Crippen LogP contribution in [-0.4, -0.2) is 18.9 Å². The molecule has 0 spiro atoms. The lowest BCUT2D eigenvalue weighted by Gasteiger charge is -2.22. The minimum absolute atomic E-state index is 0.0811. The molecule has 0 aliphatic carbocycles. The summed E-state index contributed by atoms with van der Waals surface area (Å²) in [6.45, 7) is 5.23. The summed E-state index contributed by atoms with van der Waals surface area (Å²) in [5, 5.41) is 0. The SMILES string of the molecule is C/C=C/CC(C)(C(=O)CC)C(=O)OC. The van der Waals surface area contributed by atoms with Crippen molar-refractivity contribution in [1.82, 2.24) is 0 Å². The highest BCUT2D eigenvalue weighted by atomic mass is 16.5. The first-order valence-electron chi connectivity index (χ1n) is 4.75. The summed E-state index contributed by atoms with van der Waals surface area (Å²) >= 11 is 0. The van der Waals surface area contributed by atoms with Crippen molar-refractivity contribution in [2.75, 3.05) is 7.11 Å². The van der Waals surface area contributed by atoms with Crippen LogP contribution in [0.2, 0.25) is 0 Å². The third-order valence-corrected chi connectivity index (χ3v) is 2.33. The fourth-order valence-electron chi connectivity index (χ4n) is 1.28. The van der Waals surface area contributed by atoms with Crippen molar-refractivity contribution >= 4 is 11.8 Å². The number of carbonyl (C=O) groups is 2. The van der Waals surface area contributed by atoms with Gasteiger partial charge in [-0.15, -0.1) is 0 Å². The lowest BCUT2D eigenvalue weighted by atomic mass is 9.81. The highest BCUT2D eigenvalue weighted by molar-refractivity contribution is 6.03. The molecule has 0 aromatic heterocycles. The Kier molecular flexibility index (Phi) is 5.13. The van der Waals surface area contributed by atoms with E-state index in [-0.39, 0.29) is 5.78 Å². The molecule has 0 radical (unpaired) electrons. The van der Waals surface area contributed by atoms with Gasteiger partial charge in [-0.05, 0) is 20.3 Å². The van der Waals surface area contributed by atoms with Crippen LogP contribution in [0.3, 0.4) is 0 Å². The Morgan fingerprint density at radius 2 is 2.00 bits per heavy atom. The van der Waals surface area contributed by atoms with Crippen LogP contribution in [0.15, 0.2) is 12.2 Å². The molecule has 1 unspecified atom stereocenters. The van der Waals surface area contributed by atoms with Crippen LogP contribution in [0.5, 0.6) is 0 Å². The van der Waals surface area contributed by atoms with Crippen LogP contribution in [0.4, 0.5) is 0 Å². The molecule has 0 aromatic carbocycles. The van der Waals surface area contributed by atoms with E-state index < -0.39 is 11.4 Å². The van der Waals surface area contributed by atoms with Crippen molar-refractivity contribution in [1.29, 1.82) is 0 Å². The van der Waals surface area contributed by atoms with Crippen LogP contribution in [0.1, 0.15) is 33.6 Å². The molecule has 0 aliphatic rings. The lowest BCUT2D eigenvalue weighted by molar-refractivity contribution is -0.156. The topological polar surface area (TPSA) is 43.4 Å². The van der Waals surface area contributed by atoms with E-state index in [4.69, 9.17) is 0 Å². The van der Waals surface area contributed by atoms with E-state index in [0.29, 0.717) is 12.8 Å². The molecule has 3 heteroatoms. The molecular weight excluding hydrogens is 180 g/mol. The number of hydrogen-bond donors (Lipinski definition) is 0. The predicted octanol–water partition coefficient (Wildman–Crippen LogP) is 2.11. The first-order valence-corrected chi connectivity index (χ1v) is 4.75. The van der Waals surface area contributed by atoms with Crippen LogP contribution in [0.25, 0.3) is 0 Å². The summed E-state index contributed by atoms with van der Waals surface area (Å²) < 4.78 is 4.64. The van der Waals surface area contributed by atoms with Gasteiger partial charge in [-0.1, -0.05) is 19.1 Å². The third kappa shape index (κ3) is 2.69. The lowest BCUT2D eigenvalue weighted by Crippen LogP contribution is -2.36. The average molecular weight is 198 g/mol. The Balaban J connectivity index is 4.83. The summed E-state index contributed by atoms with van der Waals surface area (Å²) in [5.41, 5.74) is -1.02. The number of rotatable bonds is 5. The van der Waals surface area contributed by atoms with Gasteiger partial charge >= 0.3 is 5.97 Å². The zero-order chi connectivity index (χ0) is 11.2. The van der Waals surface area contributed by atoms with E-state index in [2.05, 4.69) is 4.74 Å². The summed E-state index contributed by atoms with van der Waals surface area (Å²) in [6, 6.07) is 0. The van der Waals surface area contributed by atoms with Crippen molar-refractivity contribution < 1.29 is 14.3 Å². The average Bonchev–Trinajstić information content (AvgIpc) is 2.23. The number of ketones is 1. The van der Waals surface area contributed by atoms with E-state index in [1.54, 1.807) is 13.8 Å². The maximum atomic E-state index is 11.6. The number of Topliss-reactive ketones (excluding diaryl/α,β-unsaturated/α-hetero) is 1. The molecule has 1 atom stereocenters. The summed E-state index contributed by atoms with van der Waals surface area (Å²) in [4.78, 5) is 23.1. The van der Waals surface area contributed by atoms with Gasteiger partial charge in [0.25, 0.3) is 0 Å². The van der Waals surface area contributed by atoms with E-state index >= 15 is 0 Å². The Bertz CT molecular complexity index is 225. The number of ether oxygens (including phenoxy) is 1. The second-order valence-electron chi connectivity index (χ2n) is 3.37. The van der Waals surface area contributed by atoms with Gasteiger partial charge < -0.3 is 4.74 Å². The van der Waals surface area contributed by atoms with Gasteiger partial charge in [0.1, 0.15) is 11.2 Å². The van der Waals surface area contributed by atoms with Crippen LogP contribution >= 0.6 is 0 Å². The molecule has 0 saturated heterocycles. The molecule has 14 heavy (non-hydrogen) atoms. The van der Waals surface area contributed by atoms with E-state index in [1.165, 1.54) is 7.11 Å². The number of methoxy groups -OCH3 is 1. The van der Waals surface area contributed by atoms with Crippen molar-refractivity contribution in [2.45, 2.75) is 33.6 Å². The van der Waals surface area contributed by atoms with Gasteiger partial charge in [-0.3, -0.25) is 9.59 Å². The highest BCUT2D eigenvalue weighted by Crippen LogP contribution is 2.26. The Morgan fingerprint density at radius 3 is 2.36 bits per heavy atom. The van der Waals surface area contributed by atoms with Crippen molar-refractivity contribution in [2.24, 2.45) is 5.41 Å². The fourth-order valence-corrected chi connectivity index (χ4v) is 1.28. The second kappa shape index (κ2) is 5.58. The van der Waals surface area contributed by atoms with E-state index in [0.717, 1.165) is 0 Å². The molecule has 0 aromatic rings. The Labute approximate surface area is 85.1 Å². The molecule has 0 amide bonds. The Morgan fingerprint density at radius 1 is 1.43 bits per heavy atom. The highest BCUT2D eigenvalue weighted by Gasteiger charge is 2.39. The molecule has 80 valence electrons. The molecule has 0 bridgehead atoms. The molecule has 3 nitrogen and oxygen atoms in total. The van der Waals surface area contributed by atoms with E-state index in [9.17, 15) is 9.59 Å². The molecule has 0 aliphatic heterocycles. The fraction of sp³-hybridized carbons (Fsp3) is 0.636. The zero-order valence-corrected chi connectivity index (χ0v) is 9.29. The third-order valence-electron chi connectivity index (χ3n) is 2.33. The quantitative estimate of drug-likeness (QED) is 0.386. The van der Waals surface area contributed by atoms with Crippen molar-refractivity contribution in [3.63, 3.8) is 0 Å². The van der Waals surface area contributed by atoms with Crippen LogP contribution < -0.4 is 0 Å². The maximum Gasteiger partial charge on any atom is 0.319 e. The van der Waals surface area contributed by atoms with Gasteiger partial charge in [-0.25, -0.2) is 0 Å². The van der Waals surface area contributed by atoms with Gasteiger partial charge in [0.15, 0.2) is 0 Å². The van der Waals surface area contributed by atoms with Gasteiger partial charge in [-0.2, -0.15) is 0 Å². The molecule has 0 heterocycles. The molecule has 0 N–H and O–H groups in total. The van der Waals surface area contributed by atoms with Crippen LogP contribution in [0, 0.1) is 5.41 Å². The Hall–Kier alpha value is -1.12. The standard InChI is InChI=1S/C11H18O3/c1-5-7-8-11(3,9(12)6-2)10(13)14-4/h5,7H,6,8H2,1-4H3/b7-5+.